The van der Waals surface area contributed by atoms with E-state index in [9.17, 15) is 15.0 Å². The van der Waals surface area contributed by atoms with E-state index in [0.717, 1.165) is 57.0 Å². The molecule has 0 heterocycles. The zero-order chi connectivity index (χ0) is 33.4. The Balaban J connectivity index is 1.46. The molecule has 0 unspecified atom stereocenters. The van der Waals surface area contributed by atoms with E-state index in [4.69, 9.17) is 9.16 Å². The van der Waals surface area contributed by atoms with Gasteiger partial charge < -0.3 is 19.4 Å². The molecule has 0 aromatic heterocycles. The van der Waals surface area contributed by atoms with E-state index in [1.54, 1.807) is 0 Å². The molecule has 2 N–H and O–H groups in total. The molecule has 5 nitrogen and oxygen atoms in total. The Morgan fingerprint density at radius 2 is 1.43 bits per heavy atom. The molecule has 8 atom stereocenters. The number of esters is 1. The normalized spacial score (nSPS) is 35.0. The van der Waals surface area contributed by atoms with Crippen molar-refractivity contribution in [1.29, 1.82) is 0 Å². The van der Waals surface area contributed by atoms with Crippen molar-refractivity contribution >= 4 is 14.3 Å². The number of aliphatic hydroxyl groups is 2. The van der Waals surface area contributed by atoms with Gasteiger partial charge in [-0.25, -0.2) is 0 Å². The van der Waals surface area contributed by atoms with Crippen LogP contribution >= 0.6 is 0 Å². The molecule has 0 amide bonds. The average molecular weight is 649 g/mol. The van der Waals surface area contributed by atoms with Crippen LogP contribution in [0.5, 0.6) is 0 Å². The molecule has 0 aliphatic heterocycles. The summed E-state index contributed by atoms with van der Waals surface area (Å²) >= 11 is 0. The Hall–Kier alpha value is -1.99. The lowest BCUT2D eigenvalue weighted by Gasteiger charge is -2.58. The number of rotatable bonds is 10. The van der Waals surface area contributed by atoms with Crippen LogP contribution < -0.4 is 0 Å². The van der Waals surface area contributed by atoms with Gasteiger partial charge in [0.05, 0.1) is 12.2 Å². The number of fused-ring (bicyclic) bond motifs is 1. The van der Waals surface area contributed by atoms with Crippen molar-refractivity contribution in [1.82, 2.24) is 0 Å². The standard InChI is InChI=1S/C40H60O5Si/c1-29(42)44-26-32-24-33(18-21-38(32,5)35-19-22-39(6)36(34(35)25-41)20-23-40(39,7)43)45-46(37(2,3)4,27-30-14-10-8-11-15-30)28-31-16-12-9-13-17-31/h8-17,32-36,41,43H,18-28H2,1-7H3/t32-,33+,34-,35+,36+,38+,39+,40+/m1/s1. The van der Waals surface area contributed by atoms with Crippen molar-refractivity contribution in [3.05, 3.63) is 71.8 Å². The first-order chi connectivity index (χ1) is 21.6. The Bertz CT molecular complexity index is 1260. The lowest BCUT2D eigenvalue weighted by Crippen LogP contribution is -2.58. The summed E-state index contributed by atoms with van der Waals surface area (Å²) in [6.45, 7) is 15.8. The predicted octanol–water partition coefficient (Wildman–Crippen LogP) is 8.24. The van der Waals surface area contributed by atoms with Crippen molar-refractivity contribution in [2.45, 2.75) is 122 Å². The Kier molecular flexibility index (Phi) is 10.4. The molecule has 3 aliphatic rings. The third kappa shape index (κ3) is 6.79. The van der Waals surface area contributed by atoms with E-state index >= 15 is 0 Å². The predicted molar refractivity (Wildman–Crippen MR) is 187 cm³/mol. The van der Waals surface area contributed by atoms with E-state index < -0.39 is 13.9 Å². The highest BCUT2D eigenvalue weighted by atomic mass is 28.4. The Labute approximate surface area is 279 Å². The molecule has 0 bridgehead atoms. The SMILES string of the molecule is CC(=O)OC[C@H]1C[C@@H](O[Si](Cc2ccccc2)(Cc2ccccc2)C(C)(C)C)CC[C@]1(C)[C@H]1CC[C@@]2(C)[C@@H](CC[C@]2(C)O)[C@@H]1CO. The molecule has 46 heavy (non-hydrogen) atoms. The minimum atomic E-state index is -2.47. The van der Waals surface area contributed by atoms with Gasteiger partial charge in [0.1, 0.15) is 0 Å². The van der Waals surface area contributed by atoms with E-state index in [1.807, 2.05) is 6.92 Å². The summed E-state index contributed by atoms with van der Waals surface area (Å²) in [5.41, 5.74) is 1.70. The molecule has 3 aliphatic carbocycles. The van der Waals surface area contributed by atoms with Crippen LogP contribution in [-0.4, -0.2) is 49.4 Å². The maximum Gasteiger partial charge on any atom is 0.302 e. The van der Waals surface area contributed by atoms with Gasteiger partial charge in [-0.05, 0) is 109 Å². The van der Waals surface area contributed by atoms with Crippen LogP contribution in [0.15, 0.2) is 60.7 Å². The van der Waals surface area contributed by atoms with Crippen molar-refractivity contribution in [3.8, 4) is 0 Å². The average Bonchev–Trinajstić information content (AvgIpc) is 3.25. The second-order valence-corrected chi connectivity index (χ2v) is 21.3. The number of hydrogen-bond acceptors (Lipinski definition) is 5. The number of benzene rings is 2. The molecule has 254 valence electrons. The summed E-state index contributed by atoms with van der Waals surface area (Å²) in [5, 5.41) is 22.3. The van der Waals surface area contributed by atoms with Crippen LogP contribution in [0.4, 0.5) is 0 Å². The smallest absolute Gasteiger partial charge is 0.302 e. The summed E-state index contributed by atoms with van der Waals surface area (Å²) < 4.78 is 13.5. The van der Waals surface area contributed by atoms with Gasteiger partial charge in [0, 0.05) is 25.6 Å². The highest BCUT2D eigenvalue weighted by Gasteiger charge is 2.62. The molecule has 0 radical (unpaired) electrons. The fraction of sp³-hybridized carbons (Fsp3) is 0.675. The van der Waals surface area contributed by atoms with Crippen LogP contribution in [0, 0.1) is 34.5 Å². The lowest BCUT2D eigenvalue weighted by molar-refractivity contribution is -0.157. The van der Waals surface area contributed by atoms with Crippen LogP contribution in [0.25, 0.3) is 0 Å². The molecule has 5 rings (SSSR count). The number of carbonyl (C=O) groups is 1. The van der Waals surface area contributed by atoms with Crippen LogP contribution in [0.2, 0.25) is 5.04 Å². The first kappa shape index (κ1) is 35.3. The summed E-state index contributed by atoms with van der Waals surface area (Å²) in [5.74, 6) is 0.641. The molecule has 3 fully saturated rings. The first-order valence-corrected chi connectivity index (χ1v) is 20.2. The number of aliphatic hydroxyl groups excluding tert-OH is 1. The Morgan fingerprint density at radius 3 is 1.96 bits per heavy atom. The topological polar surface area (TPSA) is 76.0 Å². The molecular weight excluding hydrogens is 589 g/mol. The summed E-state index contributed by atoms with van der Waals surface area (Å²) in [4.78, 5) is 12.2. The molecule has 2 aromatic rings. The second-order valence-electron chi connectivity index (χ2n) is 16.9. The van der Waals surface area contributed by atoms with E-state index in [0.29, 0.717) is 18.4 Å². The largest absolute Gasteiger partial charge is 0.466 e. The van der Waals surface area contributed by atoms with Gasteiger partial charge >= 0.3 is 5.97 Å². The van der Waals surface area contributed by atoms with Gasteiger partial charge in [0.15, 0.2) is 0 Å². The van der Waals surface area contributed by atoms with Crippen molar-refractivity contribution < 1.29 is 24.2 Å². The van der Waals surface area contributed by atoms with E-state index in [2.05, 4.69) is 95.3 Å². The van der Waals surface area contributed by atoms with Gasteiger partial charge in [-0.2, -0.15) is 0 Å². The maximum absolute atomic E-state index is 12.2. The zero-order valence-corrected chi connectivity index (χ0v) is 30.6. The van der Waals surface area contributed by atoms with Gasteiger partial charge in [0.2, 0.25) is 8.32 Å². The van der Waals surface area contributed by atoms with Gasteiger partial charge in [-0.3, -0.25) is 4.79 Å². The van der Waals surface area contributed by atoms with Crippen molar-refractivity contribution in [2.75, 3.05) is 13.2 Å². The Morgan fingerprint density at radius 1 is 0.870 bits per heavy atom. The quantitative estimate of drug-likeness (QED) is 0.201. The first-order valence-electron chi connectivity index (χ1n) is 17.9. The van der Waals surface area contributed by atoms with E-state index in [1.165, 1.54) is 18.1 Å². The third-order valence-corrected chi connectivity index (χ3v) is 18.9. The van der Waals surface area contributed by atoms with Gasteiger partial charge in [-0.1, -0.05) is 95.3 Å². The fourth-order valence-electron chi connectivity index (χ4n) is 10.1. The number of ether oxygens (including phenoxy) is 1. The minimum absolute atomic E-state index is 0.0138. The lowest BCUT2D eigenvalue weighted by atomic mass is 9.48. The van der Waals surface area contributed by atoms with Crippen molar-refractivity contribution in [2.24, 2.45) is 34.5 Å². The molecule has 0 saturated heterocycles. The summed E-state index contributed by atoms with van der Waals surface area (Å²) in [6, 6.07) is 23.6. The molecule has 6 heteroatoms. The van der Waals surface area contributed by atoms with Gasteiger partial charge in [0.25, 0.3) is 0 Å². The van der Waals surface area contributed by atoms with E-state index in [-0.39, 0.29) is 46.4 Å². The molecule has 3 saturated carbocycles. The number of carbonyl (C=O) groups excluding carboxylic acids is 1. The fourth-order valence-corrected chi connectivity index (χ4v) is 14.4. The summed E-state index contributed by atoms with van der Waals surface area (Å²) in [7, 11) is -2.47. The highest BCUT2D eigenvalue weighted by Crippen LogP contribution is 2.65. The minimum Gasteiger partial charge on any atom is -0.466 e. The second kappa shape index (κ2) is 13.5. The molecule has 0 spiro atoms. The third-order valence-electron chi connectivity index (χ3n) is 13.5. The monoisotopic (exact) mass is 648 g/mol. The summed E-state index contributed by atoms with van der Waals surface area (Å²) in [6.07, 6.45) is 6.59. The van der Waals surface area contributed by atoms with Crippen LogP contribution in [0.3, 0.4) is 0 Å². The van der Waals surface area contributed by atoms with Crippen LogP contribution in [-0.2, 0) is 26.0 Å². The molecular formula is C40H60O5Si. The van der Waals surface area contributed by atoms with Gasteiger partial charge in [-0.15, -0.1) is 0 Å². The van der Waals surface area contributed by atoms with Crippen molar-refractivity contribution in [3.63, 3.8) is 0 Å². The van der Waals surface area contributed by atoms with Crippen LogP contribution in [0.1, 0.15) is 105 Å². The number of hydrogen-bond donors (Lipinski definition) is 2. The molecule has 2 aromatic carbocycles. The zero-order valence-electron chi connectivity index (χ0n) is 29.6. The maximum atomic E-state index is 12.2. The highest BCUT2D eigenvalue weighted by molar-refractivity contribution is 6.75.